The monoisotopic (exact) mass is 359 g/mol. The molecule has 3 rings (SSSR count). The minimum atomic E-state index is -4.21. The largest absolute Gasteiger partial charge is 0.401 e. The molecular formula is C15H17F4N5O. The molecule has 2 aromatic heterocycles. The summed E-state index contributed by atoms with van der Waals surface area (Å²) in [6, 6.07) is 0.563. The number of amides is 2. The summed E-state index contributed by atoms with van der Waals surface area (Å²) in [6.45, 7) is -0.390. The molecule has 0 bridgehead atoms. The molecule has 25 heavy (non-hydrogen) atoms. The van der Waals surface area contributed by atoms with Crippen molar-refractivity contribution >= 4 is 22.8 Å². The highest BCUT2D eigenvalue weighted by atomic mass is 19.4. The van der Waals surface area contributed by atoms with E-state index in [1.165, 1.54) is 17.2 Å². The van der Waals surface area contributed by atoms with Crippen molar-refractivity contribution < 1.29 is 22.4 Å². The Morgan fingerprint density at radius 2 is 2.08 bits per heavy atom. The molecule has 0 aromatic carbocycles. The van der Waals surface area contributed by atoms with E-state index < -0.39 is 24.6 Å². The number of carbonyl (C=O) groups is 1. The summed E-state index contributed by atoms with van der Waals surface area (Å²) in [5, 5.41) is 5.78. The van der Waals surface area contributed by atoms with Gasteiger partial charge in [0.25, 0.3) is 0 Å². The van der Waals surface area contributed by atoms with Crippen LogP contribution in [-0.4, -0.2) is 52.8 Å². The van der Waals surface area contributed by atoms with Crippen LogP contribution in [0.5, 0.6) is 0 Å². The highest BCUT2D eigenvalue weighted by Crippen LogP contribution is 2.22. The van der Waals surface area contributed by atoms with Crippen LogP contribution in [0.4, 0.5) is 28.0 Å². The average molecular weight is 359 g/mol. The van der Waals surface area contributed by atoms with Crippen LogP contribution in [0, 0.1) is 5.82 Å². The fraction of sp³-hybridized carbons (Fsp3) is 0.467. The number of H-pyrrole nitrogens is 1. The molecule has 3 heterocycles. The van der Waals surface area contributed by atoms with Crippen molar-refractivity contribution in [2.45, 2.75) is 25.1 Å². The molecule has 2 amide bonds. The first kappa shape index (κ1) is 17.5. The Labute approximate surface area is 140 Å². The van der Waals surface area contributed by atoms with Crippen LogP contribution in [0.3, 0.4) is 0 Å². The van der Waals surface area contributed by atoms with Crippen LogP contribution >= 0.6 is 0 Å². The number of halogens is 4. The normalized spacial score (nSPS) is 17.0. The van der Waals surface area contributed by atoms with Gasteiger partial charge < -0.3 is 15.6 Å². The maximum atomic E-state index is 13.3. The lowest BCUT2D eigenvalue weighted by atomic mass is 10.1. The number of anilines is 1. The lowest BCUT2D eigenvalue weighted by Crippen LogP contribution is -2.47. The summed E-state index contributed by atoms with van der Waals surface area (Å²) in [7, 11) is 0. The molecule has 3 N–H and O–H groups in total. The first-order valence-electron chi connectivity index (χ1n) is 7.79. The minimum absolute atomic E-state index is 0.204. The summed E-state index contributed by atoms with van der Waals surface area (Å²) in [5.41, 5.74) is 0.825. The number of piperidine rings is 1. The minimum Gasteiger partial charge on any atom is -0.344 e. The fourth-order valence-corrected chi connectivity index (χ4v) is 2.91. The third kappa shape index (κ3) is 4.59. The number of carbonyl (C=O) groups excluding carboxylic acids is 1. The Bertz CT molecular complexity index is 752. The Morgan fingerprint density at radius 3 is 2.76 bits per heavy atom. The SMILES string of the molecule is O=C(Nc1c[nH]c2ncc(F)cc12)NC1CCN(CC(F)(F)F)CC1. The quantitative estimate of drug-likeness (QED) is 0.738. The highest BCUT2D eigenvalue weighted by molar-refractivity contribution is 5.99. The van der Waals surface area contributed by atoms with Crippen molar-refractivity contribution in [1.82, 2.24) is 20.2 Å². The van der Waals surface area contributed by atoms with Gasteiger partial charge in [0.15, 0.2) is 0 Å². The van der Waals surface area contributed by atoms with Gasteiger partial charge in [-0.3, -0.25) is 4.90 Å². The van der Waals surface area contributed by atoms with Crippen LogP contribution < -0.4 is 10.6 Å². The number of aromatic amines is 1. The van der Waals surface area contributed by atoms with Crippen LogP contribution in [0.15, 0.2) is 18.5 Å². The van der Waals surface area contributed by atoms with Crippen molar-refractivity contribution in [2.75, 3.05) is 25.0 Å². The van der Waals surface area contributed by atoms with Gasteiger partial charge in [-0.05, 0) is 18.9 Å². The second kappa shape index (κ2) is 6.87. The van der Waals surface area contributed by atoms with E-state index in [0.29, 0.717) is 29.6 Å². The topological polar surface area (TPSA) is 73.0 Å². The molecule has 6 nitrogen and oxygen atoms in total. The molecule has 0 aliphatic carbocycles. The maximum absolute atomic E-state index is 13.3. The zero-order valence-corrected chi connectivity index (χ0v) is 13.2. The Morgan fingerprint density at radius 1 is 1.36 bits per heavy atom. The predicted octanol–water partition coefficient (Wildman–Crippen LogP) is 2.85. The van der Waals surface area contributed by atoms with E-state index in [1.54, 1.807) is 0 Å². The number of pyridine rings is 1. The van der Waals surface area contributed by atoms with E-state index in [-0.39, 0.29) is 19.1 Å². The van der Waals surface area contributed by atoms with Gasteiger partial charge in [-0.2, -0.15) is 13.2 Å². The number of nitrogens with zero attached hydrogens (tertiary/aromatic N) is 2. The molecule has 1 aliphatic heterocycles. The zero-order chi connectivity index (χ0) is 18.0. The number of alkyl halides is 3. The lowest BCUT2D eigenvalue weighted by Gasteiger charge is -2.32. The summed E-state index contributed by atoms with van der Waals surface area (Å²) in [4.78, 5) is 20.1. The molecule has 2 aromatic rings. The number of hydrogen-bond donors (Lipinski definition) is 3. The third-order valence-corrected chi connectivity index (χ3v) is 4.07. The van der Waals surface area contributed by atoms with Crippen LogP contribution in [0.25, 0.3) is 11.0 Å². The number of rotatable bonds is 3. The van der Waals surface area contributed by atoms with Gasteiger partial charge in [0.1, 0.15) is 11.5 Å². The standard InChI is InChI=1S/C15H17F4N5O/c16-9-5-11-12(7-21-13(11)20-6-9)23-14(25)22-10-1-3-24(4-2-10)8-15(17,18)19/h5-7,10H,1-4,8H2,(H,20,21)(H2,22,23,25). The molecule has 0 radical (unpaired) electrons. The van der Waals surface area contributed by atoms with E-state index in [2.05, 4.69) is 20.6 Å². The lowest BCUT2D eigenvalue weighted by molar-refractivity contribution is -0.148. The average Bonchev–Trinajstić information content (AvgIpc) is 2.90. The van der Waals surface area contributed by atoms with E-state index >= 15 is 0 Å². The van der Waals surface area contributed by atoms with Gasteiger partial charge in [0.2, 0.25) is 0 Å². The van der Waals surface area contributed by atoms with Crippen molar-refractivity contribution in [3.8, 4) is 0 Å². The molecule has 1 fully saturated rings. The highest BCUT2D eigenvalue weighted by Gasteiger charge is 2.32. The van der Waals surface area contributed by atoms with Gasteiger partial charge >= 0.3 is 12.2 Å². The van der Waals surface area contributed by atoms with Gasteiger partial charge in [-0.15, -0.1) is 0 Å². The molecule has 10 heteroatoms. The van der Waals surface area contributed by atoms with E-state index in [0.717, 1.165) is 6.20 Å². The van der Waals surface area contributed by atoms with Crippen molar-refractivity contribution in [3.05, 3.63) is 24.3 Å². The number of fused-ring (bicyclic) bond motifs is 1. The first-order chi connectivity index (χ1) is 11.8. The van der Waals surface area contributed by atoms with Gasteiger partial charge in [0, 0.05) is 30.7 Å². The maximum Gasteiger partial charge on any atom is 0.401 e. The second-order valence-corrected chi connectivity index (χ2v) is 6.02. The third-order valence-electron chi connectivity index (χ3n) is 4.07. The first-order valence-corrected chi connectivity index (χ1v) is 7.79. The Hall–Kier alpha value is -2.36. The van der Waals surface area contributed by atoms with Gasteiger partial charge in [-0.25, -0.2) is 14.2 Å². The summed E-state index contributed by atoms with van der Waals surface area (Å²) in [6.07, 6.45) is -0.766. The van der Waals surface area contributed by atoms with Crippen molar-refractivity contribution in [3.63, 3.8) is 0 Å². The molecule has 1 saturated heterocycles. The van der Waals surface area contributed by atoms with Crippen LogP contribution in [0.2, 0.25) is 0 Å². The molecule has 0 unspecified atom stereocenters. The molecule has 0 atom stereocenters. The van der Waals surface area contributed by atoms with Crippen molar-refractivity contribution in [1.29, 1.82) is 0 Å². The van der Waals surface area contributed by atoms with Gasteiger partial charge in [-0.1, -0.05) is 0 Å². The summed E-state index contributed by atoms with van der Waals surface area (Å²) < 4.78 is 50.3. The number of likely N-dealkylation sites (tertiary alicyclic amines) is 1. The molecule has 1 aliphatic rings. The van der Waals surface area contributed by atoms with E-state index in [4.69, 9.17) is 0 Å². The van der Waals surface area contributed by atoms with Crippen LogP contribution in [0.1, 0.15) is 12.8 Å². The van der Waals surface area contributed by atoms with Crippen LogP contribution in [-0.2, 0) is 0 Å². The fourth-order valence-electron chi connectivity index (χ4n) is 2.91. The number of aromatic nitrogens is 2. The number of urea groups is 1. The smallest absolute Gasteiger partial charge is 0.344 e. The Kier molecular flexibility index (Phi) is 4.80. The molecular weight excluding hydrogens is 342 g/mol. The Balaban J connectivity index is 1.52. The van der Waals surface area contributed by atoms with E-state index in [1.807, 2.05) is 0 Å². The molecule has 136 valence electrons. The molecule has 0 spiro atoms. The summed E-state index contributed by atoms with van der Waals surface area (Å²) >= 11 is 0. The van der Waals surface area contributed by atoms with Crippen molar-refractivity contribution in [2.24, 2.45) is 0 Å². The predicted molar refractivity (Wildman–Crippen MR) is 83.7 cm³/mol. The molecule has 0 saturated carbocycles. The van der Waals surface area contributed by atoms with E-state index in [9.17, 15) is 22.4 Å². The van der Waals surface area contributed by atoms with Gasteiger partial charge in [0.05, 0.1) is 18.4 Å². The summed E-state index contributed by atoms with van der Waals surface area (Å²) in [5.74, 6) is -0.521. The number of hydrogen-bond acceptors (Lipinski definition) is 3. The number of nitrogens with one attached hydrogen (secondary N) is 3. The second-order valence-electron chi connectivity index (χ2n) is 6.02. The zero-order valence-electron chi connectivity index (χ0n) is 13.2.